The lowest BCUT2D eigenvalue weighted by molar-refractivity contribution is -0.179. The van der Waals surface area contributed by atoms with Crippen LogP contribution in [-0.2, 0) is 20.7 Å². The van der Waals surface area contributed by atoms with Crippen molar-refractivity contribution in [2.75, 3.05) is 7.11 Å². The number of carboxylic acids is 2. The zero-order chi connectivity index (χ0) is 14.8. The molecule has 0 aromatic heterocycles. The van der Waals surface area contributed by atoms with Gasteiger partial charge in [-0.2, -0.15) is 0 Å². The van der Waals surface area contributed by atoms with Crippen molar-refractivity contribution in [3.8, 4) is 0 Å². The fraction of sp³-hybridized carbons (Fsp3) is 0.273. The highest BCUT2D eigenvalue weighted by Gasteiger charge is 2.48. The largest absolute Gasteiger partial charge is 0.479 e. The third-order valence-corrected chi connectivity index (χ3v) is 2.79. The number of hydrogen-bond donors (Lipinski definition) is 2. The molecular formula is C11H9ClF2O5. The minimum absolute atomic E-state index is 0.229. The van der Waals surface area contributed by atoms with Gasteiger partial charge in [0.15, 0.2) is 0 Å². The van der Waals surface area contributed by atoms with E-state index in [1.807, 2.05) is 0 Å². The predicted molar refractivity (Wildman–Crippen MR) is 60.1 cm³/mol. The normalized spacial score (nSPS) is 11.4. The monoisotopic (exact) mass is 294 g/mol. The summed E-state index contributed by atoms with van der Waals surface area (Å²) in [4.78, 5) is 22.0. The van der Waals surface area contributed by atoms with E-state index in [4.69, 9.17) is 21.8 Å². The highest BCUT2D eigenvalue weighted by Crippen LogP contribution is 2.25. The fourth-order valence-electron chi connectivity index (χ4n) is 1.48. The van der Waals surface area contributed by atoms with Gasteiger partial charge in [-0.1, -0.05) is 11.6 Å². The average Bonchev–Trinajstić information content (AvgIpc) is 2.27. The van der Waals surface area contributed by atoms with Gasteiger partial charge in [0.2, 0.25) is 0 Å². The van der Waals surface area contributed by atoms with Crippen LogP contribution in [0.3, 0.4) is 0 Å². The number of rotatable bonds is 5. The zero-order valence-corrected chi connectivity index (χ0v) is 10.4. The quantitative estimate of drug-likeness (QED) is 0.808. The number of ether oxygens (including phenoxy) is 1. The van der Waals surface area contributed by atoms with Crippen LogP contribution < -0.4 is 0 Å². The molecule has 1 aromatic carbocycles. The Morgan fingerprint density at radius 2 is 1.68 bits per heavy atom. The van der Waals surface area contributed by atoms with Crippen LogP contribution in [-0.4, -0.2) is 34.9 Å². The smallest absolute Gasteiger partial charge is 0.348 e. The van der Waals surface area contributed by atoms with E-state index >= 15 is 0 Å². The van der Waals surface area contributed by atoms with Gasteiger partial charge < -0.3 is 14.9 Å². The second-order valence-electron chi connectivity index (χ2n) is 3.67. The molecule has 8 heteroatoms. The number of halogens is 3. The molecule has 0 amide bonds. The van der Waals surface area contributed by atoms with Crippen molar-refractivity contribution in [1.29, 1.82) is 0 Å². The molecule has 5 nitrogen and oxygen atoms in total. The molecule has 0 radical (unpaired) electrons. The summed E-state index contributed by atoms with van der Waals surface area (Å²) >= 11 is 5.41. The molecule has 19 heavy (non-hydrogen) atoms. The van der Waals surface area contributed by atoms with Crippen LogP contribution in [0.15, 0.2) is 12.1 Å². The molecule has 0 bridgehead atoms. The van der Waals surface area contributed by atoms with E-state index in [1.165, 1.54) is 0 Å². The van der Waals surface area contributed by atoms with Gasteiger partial charge in [-0.15, -0.1) is 0 Å². The molecule has 1 rings (SSSR count). The Balaban J connectivity index is 3.33. The van der Waals surface area contributed by atoms with Crippen molar-refractivity contribution in [2.24, 2.45) is 0 Å². The number of hydrogen-bond acceptors (Lipinski definition) is 3. The van der Waals surface area contributed by atoms with Crippen LogP contribution in [0.2, 0.25) is 5.02 Å². The van der Waals surface area contributed by atoms with Crippen LogP contribution >= 0.6 is 11.6 Å². The van der Waals surface area contributed by atoms with E-state index in [1.54, 1.807) is 0 Å². The molecule has 0 aliphatic heterocycles. The first kappa shape index (κ1) is 15.3. The molecule has 0 spiro atoms. The summed E-state index contributed by atoms with van der Waals surface area (Å²) < 4.78 is 31.5. The van der Waals surface area contributed by atoms with Gasteiger partial charge in [0.1, 0.15) is 11.6 Å². The Morgan fingerprint density at radius 1 is 1.26 bits per heavy atom. The standard InChI is InChI=1S/C11H9ClF2O5/c1-19-11(9(15)16,10(17)18)4-6-7(13)2-5(12)3-8(6)14/h2-3H,4H2,1H3,(H,15,16)(H,17,18). The molecule has 0 heterocycles. The van der Waals surface area contributed by atoms with Gasteiger partial charge >= 0.3 is 11.9 Å². The van der Waals surface area contributed by atoms with Crippen molar-refractivity contribution in [1.82, 2.24) is 0 Å². The lowest BCUT2D eigenvalue weighted by atomic mass is 9.93. The van der Waals surface area contributed by atoms with E-state index in [0.717, 1.165) is 19.2 Å². The minimum Gasteiger partial charge on any atom is -0.479 e. The van der Waals surface area contributed by atoms with Crippen LogP contribution in [0.4, 0.5) is 8.78 Å². The Bertz CT molecular complexity index is 495. The summed E-state index contributed by atoms with van der Waals surface area (Å²) in [7, 11) is 0.827. The first-order valence-electron chi connectivity index (χ1n) is 4.90. The van der Waals surface area contributed by atoms with Crippen molar-refractivity contribution < 1.29 is 33.3 Å². The van der Waals surface area contributed by atoms with E-state index < -0.39 is 41.2 Å². The highest BCUT2D eigenvalue weighted by molar-refractivity contribution is 6.30. The van der Waals surface area contributed by atoms with Crippen molar-refractivity contribution in [2.45, 2.75) is 12.0 Å². The molecule has 0 unspecified atom stereocenters. The van der Waals surface area contributed by atoms with Crippen molar-refractivity contribution >= 4 is 23.5 Å². The molecule has 2 N–H and O–H groups in total. The summed E-state index contributed by atoms with van der Waals surface area (Å²) in [5.74, 6) is -6.02. The van der Waals surface area contributed by atoms with E-state index in [9.17, 15) is 18.4 Å². The topological polar surface area (TPSA) is 83.8 Å². The third-order valence-electron chi connectivity index (χ3n) is 2.57. The number of aliphatic carboxylic acids is 2. The van der Waals surface area contributed by atoms with Gasteiger partial charge in [-0.25, -0.2) is 18.4 Å². The second-order valence-corrected chi connectivity index (χ2v) is 4.10. The van der Waals surface area contributed by atoms with Gasteiger partial charge in [0.05, 0.1) is 0 Å². The van der Waals surface area contributed by atoms with E-state index in [2.05, 4.69) is 4.74 Å². The second kappa shape index (κ2) is 5.50. The molecule has 0 saturated carbocycles. The highest BCUT2D eigenvalue weighted by atomic mass is 35.5. The van der Waals surface area contributed by atoms with Gasteiger partial charge in [-0.3, -0.25) is 0 Å². The first-order valence-corrected chi connectivity index (χ1v) is 5.27. The molecule has 0 atom stereocenters. The maximum absolute atomic E-state index is 13.5. The Morgan fingerprint density at radius 3 is 2.00 bits per heavy atom. The molecule has 0 aliphatic carbocycles. The predicted octanol–water partition coefficient (Wildman–Crippen LogP) is 1.72. The summed E-state index contributed by atoms with van der Waals surface area (Å²) in [6.07, 6.45) is -1.01. The minimum atomic E-state index is -2.77. The zero-order valence-electron chi connectivity index (χ0n) is 9.61. The Labute approximate surface area is 111 Å². The number of carboxylic acid groups (broad SMARTS) is 2. The average molecular weight is 295 g/mol. The lowest BCUT2D eigenvalue weighted by Crippen LogP contribution is -2.50. The van der Waals surface area contributed by atoms with Crippen LogP contribution in [0.25, 0.3) is 0 Å². The molecular weight excluding hydrogens is 286 g/mol. The third kappa shape index (κ3) is 2.82. The maximum atomic E-state index is 13.5. The van der Waals surface area contributed by atoms with Gasteiger partial charge in [-0.05, 0) is 12.1 Å². The van der Waals surface area contributed by atoms with Crippen molar-refractivity contribution in [3.05, 3.63) is 34.4 Å². The summed E-state index contributed by atoms with van der Waals surface area (Å²) in [5.41, 5.74) is -3.49. The molecule has 0 saturated heterocycles. The number of carbonyl (C=O) groups is 2. The molecule has 1 aromatic rings. The fourth-order valence-corrected chi connectivity index (χ4v) is 1.67. The maximum Gasteiger partial charge on any atom is 0.348 e. The van der Waals surface area contributed by atoms with Crippen LogP contribution in [0, 0.1) is 11.6 Å². The van der Waals surface area contributed by atoms with Gasteiger partial charge in [0, 0.05) is 24.1 Å². The Kier molecular flexibility index (Phi) is 4.43. The summed E-state index contributed by atoms with van der Waals surface area (Å²) in [6.45, 7) is 0. The summed E-state index contributed by atoms with van der Waals surface area (Å²) in [5, 5.41) is 17.6. The summed E-state index contributed by atoms with van der Waals surface area (Å²) in [6, 6.07) is 1.51. The Hall–Kier alpha value is -1.73. The van der Waals surface area contributed by atoms with Crippen LogP contribution in [0.5, 0.6) is 0 Å². The lowest BCUT2D eigenvalue weighted by Gasteiger charge is -2.23. The van der Waals surface area contributed by atoms with Gasteiger partial charge in [0.25, 0.3) is 5.60 Å². The molecule has 0 aliphatic rings. The SMILES string of the molecule is COC(Cc1c(F)cc(Cl)cc1F)(C(=O)O)C(=O)O. The van der Waals surface area contributed by atoms with Crippen molar-refractivity contribution in [3.63, 3.8) is 0 Å². The molecule has 104 valence electrons. The number of benzene rings is 1. The van der Waals surface area contributed by atoms with E-state index in [-0.39, 0.29) is 5.02 Å². The van der Waals surface area contributed by atoms with Crippen LogP contribution in [0.1, 0.15) is 5.56 Å². The first-order chi connectivity index (χ1) is 8.74. The molecule has 0 fully saturated rings. The van der Waals surface area contributed by atoms with E-state index in [0.29, 0.717) is 0 Å². The number of methoxy groups -OCH3 is 1.